The molecular formula is C25H40N8O2. The molecule has 4 rings (SSSR count). The molecular weight excluding hydrogens is 444 g/mol. The highest BCUT2D eigenvalue weighted by atomic mass is 16.6. The van der Waals surface area contributed by atoms with Gasteiger partial charge in [-0.05, 0) is 66.3 Å². The number of carbonyl (C=O) groups excluding carboxylic acids is 1. The second-order valence-corrected chi connectivity index (χ2v) is 10.9. The highest BCUT2D eigenvalue weighted by Crippen LogP contribution is 2.28. The van der Waals surface area contributed by atoms with E-state index < -0.39 is 5.60 Å². The summed E-state index contributed by atoms with van der Waals surface area (Å²) < 4.78 is 5.41. The number of anilines is 3. The molecule has 1 aliphatic heterocycles. The fourth-order valence-electron chi connectivity index (χ4n) is 4.69. The van der Waals surface area contributed by atoms with Gasteiger partial charge in [0.15, 0.2) is 5.82 Å². The van der Waals surface area contributed by atoms with Crippen LogP contribution in [0.2, 0.25) is 0 Å². The van der Waals surface area contributed by atoms with Gasteiger partial charge in [0.2, 0.25) is 0 Å². The number of carbonyl (C=O) groups is 1. The van der Waals surface area contributed by atoms with E-state index in [-0.39, 0.29) is 12.1 Å². The van der Waals surface area contributed by atoms with Gasteiger partial charge in [-0.25, -0.2) is 14.8 Å². The van der Waals surface area contributed by atoms with E-state index in [9.17, 15) is 4.79 Å². The molecule has 3 N–H and O–H groups in total. The van der Waals surface area contributed by atoms with E-state index in [2.05, 4.69) is 37.7 Å². The summed E-state index contributed by atoms with van der Waals surface area (Å²) in [6.07, 6.45) is 4.45. The number of amides is 1. The van der Waals surface area contributed by atoms with Crippen molar-refractivity contribution < 1.29 is 9.53 Å². The molecule has 2 aromatic heterocycles. The third-order valence-corrected chi connectivity index (χ3v) is 6.59. The second kappa shape index (κ2) is 10.8. The van der Waals surface area contributed by atoms with Crippen molar-refractivity contribution in [2.75, 3.05) is 43.4 Å². The van der Waals surface area contributed by atoms with Gasteiger partial charge in [-0.15, -0.1) is 0 Å². The molecule has 1 amide bonds. The molecule has 1 aliphatic carbocycles. The monoisotopic (exact) mass is 484 g/mol. The van der Waals surface area contributed by atoms with Crippen LogP contribution in [0.5, 0.6) is 0 Å². The number of aromatic nitrogens is 4. The third-order valence-electron chi connectivity index (χ3n) is 6.59. The Hall–Kier alpha value is -2.88. The molecule has 0 aromatic carbocycles. The Kier molecular flexibility index (Phi) is 7.78. The molecule has 1 saturated heterocycles. The van der Waals surface area contributed by atoms with Crippen LogP contribution in [-0.2, 0) is 11.2 Å². The fourth-order valence-corrected chi connectivity index (χ4v) is 4.69. The molecule has 0 atom stereocenters. The zero-order chi connectivity index (χ0) is 25.0. The molecule has 3 heterocycles. The maximum absolute atomic E-state index is 12.1. The summed E-state index contributed by atoms with van der Waals surface area (Å²) in [5, 5.41) is 13.6. The van der Waals surface area contributed by atoms with Crippen LogP contribution in [0.15, 0.2) is 12.1 Å². The standard InChI is InChI=1S/C25H40N8O2/c1-17-14-22(31-30-17)28-21-16-23(33-12-10-32(5)11-13-33)29-20(27-21)15-18-6-8-19(9-7-18)26-24(34)35-25(2,3)4/h14,16,18-19H,6-13,15H2,1-5H3,(H,26,34)(H2,27,28,29,30,31). The summed E-state index contributed by atoms with van der Waals surface area (Å²) in [6, 6.07) is 4.16. The Labute approximate surface area is 208 Å². The number of aryl methyl sites for hydroxylation is 1. The first kappa shape index (κ1) is 25.2. The maximum atomic E-state index is 12.1. The minimum atomic E-state index is -0.478. The van der Waals surface area contributed by atoms with Gasteiger partial charge < -0.3 is 25.2 Å². The largest absolute Gasteiger partial charge is 0.444 e. The number of rotatable bonds is 6. The predicted molar refractivity (Wildman–Crippen MR) is 137 cm³/mol. The molecule has 192 valence electrons. The van der Waals surface area contributed by atoms with E-state index in [0.29, 0.717) is 5.92 Å². The molecule has 0 spiro atoms. The van der Waals surface area contributed by atoms with Crippen LogP contribution in [0.1, 0.15) is 58.0 Å². The molecule has 0 unspecified atom stereocenters. The van der Waals surface area contributed by atoms with Crippen molar-refractivity contribution in [2.24, 2.45) is 5.92 Å². The van der Waals surface area contributed by atoms with Crippen molar-refractivity contribution in [2.45, 2.75) is 71.4 Å². The Morgan fingerprint density at radius 3 is 2.43 bits per heavy atom. The average molecular weight is 485 g/mol. The zero-order valence-electron chi connectivity index (χ0n) is 21.7. The molecule has 1 saturated carbocycles. The van der Waals surface area contributed by atoms with Gasteiger partial charge in [0.05, 0.1) is 0 Å². The lowest BCUT2D eigenvalue weighted by molar-refractivity contribution is 0.0487. The van der Waals surface area contributed by atoms with Crippen molar-refractivity contribution >= 4 is 23.5 Å². The number of piperazine rings is 1. The van der Waals surface area contributed by atoms with Gasteiger partial charge in [-0.3, -0.25) is 5.10 Å². The summed E-state index contributed by atoms with van der Waals surface area (Å²) in [4.78, 5) is 26.6. The SMILES string of the molecule is Cc1cc(Nc2cc(N3CCN(C)CC3)nc(CC3CCC(NC(=O)OC(C)(C)C)CC3)n2)n[nH]1. The Bertz CT molecular complexity index is 986. The third kappa shape index (κ3) is 7.55. The molecule has 0 radical (unpaired) electrons. The van der Waals surface area contributed by atoms with E-state index in [1.165, 1.54) is 0 Å². The number of hydrogen-bond acceptors (Lipinski definition) is 8. The van der Waals surface area contributed by atoms with Crippen LogP contribution in [0.4, 0.5) is 22.2 Å². The normalized spacial score (nSPS) is 21.6. The first-order valence-corrected chi connectivity index (χ1v) is 12.7. The predicted octanol–water partition coefficient (Wildman–Crippen LogP) is 3.63. The Balaban J connectivity index is 1.40. The number of aromatic amines is 1. The van der Waals surface area contributed by atoms with Gasteiger partial charge in [0.1, 0.15) is 23.1 Å². The molecule has 10 nitrogen and oxygen atoms in total. The molecule has 2 fully saturated rings. The van der Waals surface area contributed by atoms with Crippen molar-refractivity contribution in [1.82, 2.24) is 30.4 Å². The molecule has 0 bridgehead atoms. The molecule has 2 aromatic rings. The minimum Gasteiger partial charge on any atom is -0.444 e. The summed E-state index contributed by atoms with van der Waals surface area (Å²) in [5.41, 5.74) is 0.520. The number of nitrogens with zero attached hydrogens (tertiary/aromatic N) is 5. The van der Waals surface area contributed by atoms with Gasteiger partial charge >= 0.3 is 6.09 Å². The minimum absolute atomic E-state index is 0.166. The quantitative estimate of drug-likeness (QED) is 0.570. The fraction of sp³-hybridized carbons (Fsp3) is 0.680. The molecule has 10 heteroatoms. The van der Waals surface area contributed by atoms with Gasteiger partial charge in [0.25, 0.3) is 0 Å². The number of H-pyrrole nitrogens is 1. The number of likely N-dealkylation sites (N-methyl/N-ethyl adjacent to an activating group) is 1. The lowest BCUT2D eigenvalue weighted by atomic mass is 9.84. The first-order valence-electron chi connectivity index (χ1n) is 12.7. The summed E-state index contributed by atoms with van der Waals surface area (Å²) in [6.45, 7) is 11.6. The summed E-state index contributed by atoms with van der Waals surface area (Å²) in [5.74, 6) is 3.86. The van der Waals surface area contributed by atoms with E-state index in [1.54, 1.807) is 0 Å². The summed E-state index contributed by atoms with van der Waals surface area (Å²) >= 11 is 0. The zero-order valence-corrected chi connectivity index (χ0v) is 21.7. The first-order chi connectivity index (χ1) is 16.6. The van der Waals surface area contributed by atoms with Crippen LogP contribution >= 0.6 is 0 Å². The van der Waals surface area contributed by atoms with Crippen LogP contribution < -0.4 is 15.5 Å². The smallest absolute Gasteiger partial charge is 0.407 e. The lowest BCUT2D eigenvalue weighted by Crippen LogP contribution is -2.45. The van der Waals surface area contributed by atoms with E-state index in [1.807, 2.05) is 39.8 Å². The van der Waals surface area contributed by atoms with Crippen LogP contribution in [0, 0.1) is 12.8 Å². The Morgan fingerprint density at radius 2 is 1.80 bits per heavy atom. The number of nitrogens with one attached hydrogen (secondary N) is 3. The van der Waals surface area contributed by atoms with Crippen molar-refractivity contribution in [3.05, 3.63) is 23.7 Å². The average Bonchev–Trinajstić information content (AvgIpc) is 3.18. The number of alkyl carbamates (subject to hydrolysis) is 1. The molecule has 35 heavy (non-hydrogen) atoms. The van der Waals surface area contributed by atoms with E-state index in [0.717, 1.165) is 87.3 Å². The van der Waals surface area contributed by atoms with Crippen LogP contribution in [-0.4, -0.2) is 76.0 Å². The van der Waals surface area contributed by atoms with Crippen molar-refractivity contribution in [3.63, 3.8) is 0 Å². The Morgan fingerprint density at radius 1 is 1.09 bits per heavy atom. The van der Waals surface area contributed by atoms with Gasteiger partial charge in [-0.2, -0.15) is 5.10 Å². The highest BCUT2D eigenvalue weighted by Gasteiger charge is 2.26. The topological polar surface area (TPSA) is 111 Å². The molecule has 2 aliphatic rings. The number of hydrogen-bond donors (Lipinski definition) is 3. The van der Waals surface area contributed by atoms with E-state index >= 15 is 0 Å². The van der Waals surface area contributed by atoms with Gasteiger partial charge in [-0.1, -0.05) is 0 Å². The van der Waals surface area contributed by atoms with Crippen molar-refractivity contribution in [3.8, 4) is 0 Å². The second-order valence-electron chi connectivity index (χ2n) is 10.9. The van der Waals surface area contributed by atoms with E-state index in [4.69, 9.17) is 14.7 Å². The van der Waals surface area contributed by atoms with Crippen molar-refractivity contribution in [1.29, 1.82) is 0 Å². The van der Waals surface area contributed by atoms with Crippen LogP contribution in [0.25, 0.3) is 0 Å². The van der Waals surface area contributed by atoms with Crippen LogP contribution in [0.3, 0.4) is 0 Å². The lowest BCUT2D eigenvalue weighted by Gasteiger charge is -2.33. The van der Waals surface area contributed by atoms with Gasteiger partial charge in [0, 0.05) is 56.5 Å². The highest BCUT2D eigenvalue weighted by molar-refractivity contribution is 5.68. The summed E-state index contributed by atoms with van der Waals surface area (Å²) in [7, 11) is 2.16. The number of ether oxygens (including phenoxy) is 1. The maximum Gasteiger partial charge on any atom is 0.407 e.